The second-order valence-corrected chi connectivity index (χ2v) is 5.25. The van der Waals surface area contributed by atoms with Gasteiger partial charge in [0.1, 0.15) is 11.9 Å². The molecule has 5 nitrogen and oxygen atoms in total. The Morgan fingerprint density at radius 2 is 2.38 bits per heavy atom. The summed E-state index contributed by atoms with van der Waals surface area (Å²) in [4.78, 5) is 3.97. The summed E-state index contributed by atoms with van der Waals surface area (Å²) in [6, 6.07) is 4.05. The van der Waals surface area contributed by atoms with Crippen molar-refractivity contribution in [3.8, 4) is 0 Å². The third-order valence-electron chi connectivity index (χ3n) is 3.35. The monoisotopic (exact) mass is 312 g/mol. The molecule has 1 N–H and O–H groups in total. The number of aromatic nitrogens is 2. The van der Waals surface area contributed by atoms with Crippen LogP contribution in [-0.4, -0.2) is 34.0 Å². The predicted octanol–water partition coefficient (Wildman–Crippen LogP) is 1.94. The van der Waals surface area contributed by atoms with Gasteiger partial charge in [-0.05, 0) is 18.2 Å². The second kappa shape index (κ2) is 5.73. The normalized spacial score (nSPS) is 25.4. The molecule has 3 rings (SSSR count). The van der Waals surface area contributed by atoms with Crippen LogP contribution in [0.15, 0.2) is 36.9 Å². The summed E-state index contributed by atoms with van der Waals surface area (Å²) in [6.07, 6.45) is 4.57. The molecule has 1 aromatic heterocycles. The molecule has 2 atom stereocenters. The lowest BCUT2D eigenvalue weighted by Crippen LogP contribution is -2.34. The van der Waals surface area contributed by atoms with Crippen LogP contribution in [0.4, 0.5) is 4.39 Å². The van der Waals surface area contributed by atoms with Gasteiger partial charge >= 0.3 is 0 Å². The van der Waals surface area contributed by atoms with Crippen LogP contribution in [0, 0.1) is 5.82 Å². The first-order valence-corrected chi connectivity index (χ1v) is 6.85. The molecule has 1 aliphatic rings. The van der Waals surface area contributed by atoms with E-state index in [9.17, 15) is 9.50 Å². The summed E-state index contributed by atoms with van der Waals surface area (Å²) in [5.74, 6) is -1.60. The van der Waals surface area contributed by atoms with Crippen molar-refractivity contribution in [2.24, 2.45) is 0 Å². The van der Waals surface area contributed by atoms with Crippen LogP contribution in [0.1, 0.15) is 5.56 Å². The third kappa shape index (κ3) is 2.80. The van der Waals surface area contributed by atoms with E-state index < -0.39 is 17.7 Å². The van der Waals surface area contributed by atoms with E-state index in [-0.39, 0.29) is 18.2 Å². The number of rotatable bonds is 4. The molecule has 112 valence electrons. The molecule has 0 amide bonds. The van der Waals surface area contributed by atoms with E-state index in [4.69, 9.17) is 21.1 Å². The average molecular weight is 313 g/mol. The molecule has 2 aromatic rings. The number of aliphatic hydroxyl groups is 1. The minimum Gasteiger partial charge on any atom is -0.394 e. The Labute approximate surface area is 125 Å². The highest BCUT2D eigenvalue weighted by Gasteiger charge is 2.44. The number of ether oxygens (including phenoxy) is 2. The van der Waals surface area contributed by atoms with Crippen molar-refractivity contribution in [3.05, 3.63) is 53.3 Å². The first-order valence-electron chi connectivity index (χ1n) is 6.47. The van der Waals surface area contributed by atoms with E-state index in [1.54, 1.807) is 23.3 Å². The van der Waals surface area contributed by atoms with Gasteiger partial charge in [0, 0.05) is 18.0 Å². The second-order valence-electron chi connectivity index (χ2n) is 4.85. The minimum absolute atomic E-state index is 0.162. The van der Waals surface area contributed by atoms with Gasteiger partial charge in [0.15, 0.2) is 0 Å². The third-order valence-corrected chi connectivity index (χ3v) is 3.67. The van der Waals surface area contributed by atoms with Crippen molar-refractivity contribution in [1.29, 1.82) is 0 Å². The largest absolute Gasteiger partial charge is 0.394 e. The Morgan fingerprint density at radius 3 is 3.00 bits per heavy atom. The Balaban J connectivity index is 1.99. The van der Waals surface area contributed by atoms with Gasteiger partial charge in [-0.2, -0.15) is 0 Å². The molecule has 1 fully saturated rings. The van der Waals surface area contributed by atoms with Crippen LogP contribution < -0.4 is 0 Å². The van der Waals surface area contributed by atoms with Crippen LogP contribution >= 0.6 is 11.6 Å². The Kier molecular flexibility index (Phi) is 3.95. The zero-order chi connectivity index (χ0) is 14.9. The number of halogens is 2. The average Bonchev–Trinajstić information content (AvgIpc) is 3.09. The number of hydrogen-bond donors (Lipinski definition) is 1. The zero-order valence-corrected chi connectivity index (χ0v) is 11.8. The first kappa shape index (κ1) is 14.5. The van der Waals surface area contributed by atoms with Crippen molar-refractivity contribution < 1.29 is 19.0 Å². The molecule has 0 radical (unpaired) electrons. The van der Waals surface area contributed by atoms with Crippen molar-refractivity contribution in [3.63, 3.8) is 0 Å². The van der Waals surface area contributed by atoms with Crippen molar-refractivity contribution in [1.82, 2.24) is 9.55 Å². The lowest BCUT2D eigenvalue weighted by atomic mass is 10.1. The van der Waals surface area contributed by atoms with Gasteiger partial charge in [0.2, 0.25) is 5.79 Å². The Bertz CT molecular complexity index is 623. The van der Waals surface area contributed by atoms with Gasteiger partial charge in [-0.3, -0.25) is 0 Å². The summed E-state index contributed by atoms with van der Waals surface area (Å²) < 4.78 is 26.7. The fourth-order valence-electron chi connectivity index (χ4n) is 2.38. The molecule has 1 aromatic carbocycles. The van der Waals surface area contributed by atoms with E-state index in [1.165, 1.54) is 18.2 Å². The van der Waals surface area contributed by atoms with Gasteiger partial charge in [-0.25, -0.2) is 9.37 Å². The van der Waals surface area contributed by atoms with E-state index in [1.807, 2.05) is 0 Å². The molecule has 0 unspecified atom stereocenters. The summed E-state index contributed by atoms with van der Waals surface area (Å²) in [5.41, 5.74) is 0.523. The van der Waals surface area contributed by atoms with Crippen LogP contribution in [0.25, 0.3) is 0 Å². The summed E-state index contributed by atoms with van der Waals surface area (Å²) in [6.45, 7) is 0.373. The number of imidazole rings is 1. The Hall–Kier alpha value is -1.47. The number of benzene rings is 1. The van der Waals surface area contributed by atoms with Crippen LogP contribution in [-0.2, 0) is 21.8 Å². The molecule has 7 heteroatoms. The zero-order valence-electron chi connectivity index (χ0n) is 11.1. The molecule has 1 saturated heterocycles. The molecule has 0 spiro atoms. The maximum absolute atomic E-state index is 13.3. The number of nitrogens with zero attached hydrogens (tertiary/aromatic N) is 2. The van der Waals surface area contributed by atoms with Crippen LogP contribution in [0.2, 0.25) is 5.02 Å². The molecule has 0 saturated carbocycles. The molecule has 1 aliphatic heterocycles. The minimum atomic E-state index is -1.17. The number of hydrogen-bond acceptors (Lipinski definition) is 4. The van der Waals surface area contributed by atoms with Crippen LogP contribution in [0.3, 0.4) is 0 Å². The van der Waals surface area contributed by atoms with Crippen LogP contribution in [0.5, 0.6) is 0 Å². The molecule has 0 bridgehead atoms. The van der Waals surface area contributed by atoms with Crippen molar-refractivity contribution in [2.45, 2.75) is 18.4 Å². The molecule has 2 heterocycles. The first-order chi connectivity index (χ1) is 10.1. The number of aliphatic hydroxyl groups excluding tert-OH is 1. The molecule has 21 heavy (non-hydrogen) atoms. The SMILES string of the molecule is OC[C@@H]1CO[C@@](Cn2ccnc2)(c2ccc(F)cc2Cl)O1. The maximum Gasteiger partial charge on any atom is 0.215 e. The van der Waals surface area contributed by atoms with E-state index in [2.05, 4.69) is 4.98 Å². The smallest absolute Gasteiger partial charge is 0.215 e. The molecular formula is C14H14ClFN2O3. The lowest BCUT2D eigenvalue weighted by molar-refractivity contribution is -0.189. The fourth-order valence-corrected chi connectivity index (χ4v) is 2.69. The maximum atomic E-state index is 13.3. The highest BCUT2D eigenvalue weighted by Crippen LogP contribution is 2.39. The van der Waals surface area contributed by atoms with Gasteiger partial charge in [-0.15, -0.1) is 0 Å². The predicted molar refractivity (Wildman–Crippen MR) is 73.2 cm³/mol. The van der Waals surface area contributed by atoms with Gasteiger partial charge in [0.05, 0.1) is 31.1 Å². The van der Waals surface area contributed by atoms with E-state index >= 15 is 0 Å². The van der Waals surface area contributed by atoms with Gasteiger partial charge in [0.25, 0.3) is 0 Å². The summed E-state index contributed by atoms with van der Waals surface area (Å²) in [5, 5.41) is 9.48. The lowest BCUT2D eigenvalue weighted by Gasteiger charge is -2.29. The highest BCUT2D eigenvalue weighted by molar-refractivity contribution is 6.31. The fraction of sp³-hybridized carbons (Fsp3) is 0.357. The topological polar surface area (TPSA) is 56.5 Å². The Morgan fingerprint density at radius 1 is 1.52 bits per heavy atom. The van der Waals surface area contributed by atoms with Gasteiger partial charge in [-0.1, -0.05) is 11.6 Å². The summed E-state index contributed by atoms with van der Waals surface area (Å²) in [7, 11) is 0. The quantitative estimate of drug-likeness (QED) is 0.937. The van der Waals surface area contributed by atoms with E-state index in [0.717, 1.165) is 0 Å². The van der Waals surface area contributed by atoms with Gasteiger partial charge < -0.3 is 19.1 Å². The highest BCUT2D eigenvalue weighted by atomic mass is 35.5. The van der Waals surface area contributed by atoms with Crippen molar-refractivity contribution in [2.75, 3.05) is 13.2 Å². The molecule has 0 aliphatic carbocycles. The summed E-state index contributed by atoms with van der Waals surface area (Å²) >= 11 is 6.14. The standard InChI is InChI=1S/C14H14ClFN2O3/c15-13-5-10(16)1-2-12(13)14(8-18-4-3-17-9-18)20-7-11(6-19)21-14/h1-5,9,11,19H,6-8H2/t11-,14-/m1/s1. The molecular weight excluding hydrogens is 299 g/mol. The van der Waals surface area contributed by atoms with Crippen molar-refractivity contribution >= 4 is 11.6 Å². The van der Waals surface area contributed by atoms with E-state index in [0.29, 0.717) is 12.1 Å².